The fourth-order valence-corrected chi connectivity index (χ4v) is 0.842. The fraction of sp³-hybridized carbons (Fsp3) is 0.143. The predicted molar refractivity (Wildman–Crippen MR) is 38.9 cm³/mol. The van der Waals surface area contributed by atoms with E-state index < -0.39 is 28.7 Å². The molecule has 1 aromatic heterocycles. The minimum atomic E-state index is -2.92. The summed E-state index contributed by atoms with van der Waals surface area (Å²) in [6.07, 6.45) is -2.92. The van der Waals surface area contributed by atoms with Crippen molar-refractivity contribution < 1.29 is 13.2 Å². The molecule has 0 bridgehead atoms. The van der Waals surface area contributed by atoms with E-state index in [0.29, 0.717) is 6.07 Å². The number of nitrogens with zero attached hydrogens (tertiary/aromatic N) is 2. The van der Waals surface area contributed by atoms with Gasteiger partial charge in [-0.2, -0.15) is 5.26 Å². The highest BCUT2D eigenvalue weighted by atomic mass is 35.5. The Morgan fingerprint density at radius 1 is 1.54 bits per heavy atom. The zero-order valence-corrected chi connectivity index (χ0v) is 6.82. The lowest BCUT2D eigenvalue weighted by Crippen LogP contribution is -1.96. The van der Waals surface area contributed by atoms with E-state index in [0.717, 1.165) is 0 Å². The van der Waals surface area contributed by atoms with E-state index in [1.807, 2.05) is 0 Å². The Kier molecular flexibility index (Phi) is 2.73. The molecule has 0 amide bonds. The number of alkyl halides is 2. The van der Waals surface area contributed by atoms with E-state index >= 15 is 0 Å². The maximum atomic E-state index is 12.7. The molecule has 0 saturated heterocycles. The van der Waals surface area contributed by atoms with Crippen LogP contribution in [0.2, 0.25) is 5.02 Å². The Morgan fingerprint density at radius 2 is 2.15 bits per heavy atom. The van der Waals surface area contributed by atoms with Gasteiger partial charge in [0.1, 0.15) is 22.6 Å². The summed E-state index contributed by atoms with van der Waals surface area (Å²) in [5.41, 5.74) is -1.32. The molecular formula is C7H2ClF3N2. The molecule has 0 radical (unpaired) electrons. The molecule has 0 unspecified atom stereocenters. The van der Waals surface area contributed by atoms with E-state index in [1.165, 1.54) is 6.07 Å². The van der Waals surface area contributed by atoms with Gasteiger partial charge < -0.3 is 0 Å². The molecule has 68 valence electrons. The Hall–Kier alpha value is -1.28. The van der Waals surface area contributed by atoms with E-state index in [1.54, 1.807) is 0 Å². The summed E-state index contributed by atoms with van der Waals surface area (Å²) in [6.45, 7) is 0. The number of pyridine rings is 1. The standard InChI is InChI=1S/C7H2ClF3N2/c8-6-3(9)1-4(7(10)11)13-5(6)2-12/h1,7H. The first-order valence-electron chi connectivity index (χ1n) is 3.10. The molecule has 0 atom stereocenters. The second kappa shape index (κ2) is 3.62. The molecule has 13 heavy (non-hydrogen) atoms. The molecule has 0 aliphatic carbocycles. The third-order valence-corrected chi connectivity index (χ3v) is 1.62. The Labute approximate surface area is 76.6 Å². The Morgan fingerprint density at radius 3 is 2.62 bits per heavy atom. The lowest BCUT2D eigenvalue weighted by Gasteiger charge is -2.01. The predicted octanol–water partition coefficient (Wildman–Crippen LogP) is 2.68. The minimum absolute atomic E-state index is 0.508. The molecule has 1 aromatic rings. The molecule has 2 nitrogen and oxygen atoms in total. The number of halogens is 4. The van der Waals surface area contributed by atoms with Crippen molar-refractivity contribution in [2.24, 2.45) is 0 Å². The van der Waals surface area contributed by atoms with Gasteiger partial charge in [0.05, 0.1) is 0 Å². The zero-order chi connectivity index (χ0) is 10.0. The van der Waals surface area contributed by atoms with E-state index in [2.05, 4.69) is 4.98 Å². The van der Waals surface area contributed by atoms with Crippen LogP contribution in [0, 0.1) is 17.1 Å². The first kappa shape index (κ1) is 9.81. The topological polar surface area (TPSA) is 36.7 Å². The van der Waals surface area contributed by atoms with Gasteiger partial charge in [-0.15, -0.1) is 0 Å². The Bertz CT molecular complexity index is 373. The maximum Gasteiger partial charge on any atom is 0.280 e. The third kappa shape index (κ3) is 1.90. The molecule has 1 heterocycles. The van der Waals surface area contributed by atoms with Gasteiger partial charge in [-0.05, 0) is 0 Å². The smallest absolute Gasteiger partial charge is 0.234 e. The number of rotatable bonds is 1. The van der Waals surface area contributed by atoms with Crippen LogP contribution < -0.4 is 0 Å². The summed E-state index contributed by atoms with van der Waals surface area (Å²) in [5, 5.41) is 7.81. The van der Waals surface area contributed by atoms with Gasteiger partial charge in [-0.1, -0.05) is 11.6 Å². The van der Waals surface area contributed by atoms with Crippen molar-refractivity contribution in [2.45, 2.75) is 6.43 Å². The van der Waals surface area contributed by atoms with E-state index in [-0.39, 0.29) is 0 Å². The average Bonchev–Trinajstić information content (AvgIpc) is 2.09. The normalized spacial score (nSPS) is 10.2. The summed E-state index contributed by atoms with van der Waals surface area (Å²) in [4.78, 5) is 3.17. The Balaban J connectivity index is 3.32. The molecule has 0 saturated carbocycles. The molecule has 0 aromatic carbocycles. The molecule has 0 N–H and O–H groups in total. The highest BCUT2D eigenvalue weighted by Gasteiger charge is 2.15. The second-order valence-electron chi connectivity index (χ2n) is 2.10. The monoisotopic (exact) mass is 206 g/mol. The third-order valence-electron chi connectivity index (χ3n) is 1.26. The summed E-state index contributed by atoms with van der Waals surface area (Å²) in [7, 11) is 0. The van der Waals surface area contributed by atoms with Gasteiger partial charge >= 0.3 is 0 Å². The minimum Gasteiger partial charge on any atom is -0.234 e. The molecule has 0 aliphatic rings. The molecular weight excluding hydrogens is 205 g/mol. The van der Waals surface area contributed by atoms with Gasteiger partial charge in [0.25, 0.3) is 6.43 Å². The van der Waals surface area contributed by atoms with Gasteiger partial charge in [0.15, 0.2) is 5.69 Å². The molecule has 0 aliphatic heterocycles. The summed E-state index contributed by atoms with van der Waals surface area (Å²) < 4.78 is 36.8. The lowest BCUT2D eigenvalue weighted by molar-refractivity contribution is 0.145. The van der Waals surface area contributed by atoms with Crippen LogP contribution in [0.4, 0.5) is 13.2 Å². The van der Waals surface area contributed by atoms with Gasteiger partial charge in [-0.25, -0.2) is 18.2 Å². The molecule has 0 spiro atoms. The van der Waals surface area contributed by atoms with Crippen LogP contribution in [0.5, 0.6) is 0 Å². The number of hydrogen-bond acceptors (Lipinski definition) is 2. The first-order valence-corrected chi connectivity index (χ1v) is 3.48. The zero-order valence-electron chi connectivity index (χ0n) is 6.06. The average molecular weight is 207 g/mol. The van der Waals surface area contributed by atoms with Crippen molar-refractivity contribution in [1.82, 2.24) is 4.98 Å². The van der Waals surface area contributed by atoms with Crippen LogP contribution in [-0.2, 0) is 0 Å². The number of hydrogen-bond donors (Lipinski definition) is 0. The van der Waals surface area contributed by atoms with E-state index in [9.17, 15) is 13.2 Å². The van der Waals surface area contributed by atoms with Crippen molar-refractivity contribution in [3.8, 4) is 6.07 Å². The van der Waals surface area contributed by atoms with Crippen LogP contribution in [0.3, 0.4) is 0 Å². The number of nitriles is 1. The van der Waals surface area contributed by atoms with Crippen molar-refractivity contribution in [3.05, 3.63) is 28.3 Å². The van der Waals surface area contributed by atoms with Crippen LogP contribution in [0.15, 0.2) is 6.07 Å². The van der Waals surface area contributed by atoms with Crippen molar-refractivity contribution in [3.63, 3.8) is 0 Å². The van der Waals surface area contributed by atoms with Crippen LogP contribution in [0.25, 0.3) is 0 Å². The maximum absolute atomic E-state index is 12.7. The molecule has 6 heteroatoms. The fourth-order valence-electron chi connectivity index (χ4n) is 0.703. The number of aromatic nitrogens is 1. The quantitative estimate of drug-likeness (QED) is 0.708. The van der Waals surface area contributed by atoms with Crippen molar-refractivity contribution >= 4 is 11.6 Å². The molecule has 1 rings (SSSR count). The molecule has 0 fully saturated rings. The summed E-state index contributed by atoms with van der Waals surface area (Å²) in [5.74, 6) is -1.07. The largest absolute Gasteiger partial charge is 0.280 e. The highest BCUT2D eigenvalue weighted by molar-refractivity contribution is 6.31. The van der Waals surface area contributed by atoms with Crippen molar-refractivity contribution in [1.29, 1.82) is 5.26 Å². The van der Waals surface area contributed by atoms with Gasteiger partial charge in [-0.3, -0.25) is 0 Å². The lowest BCUT2D eigenvalue weighted by atomic mass is 10.3. The van der Waals surface area contributed by atoms with Gasteiger partial charge in [0.2, 0.25) is 0 Å². The van der Waals surface area contributed by atoms with Crippen LogP contribution in [-0.4, -0.2) is 4.98 Å². The van der Waals surface area contributed by atoms with Gasteiger partial charge in [0, 0.05) is 6.07 Å². The van der Waals surface area contributed by atoms with Crippen molar-refractivity contribution in [2.75, 3.05) is 0 Å². The second-order valence-corrected chi connectivity index (χ2v) is 2.48. The summed E-state index contributed by atoms with van der Waals surface area (Å²) in [6, 6.07) is 1.92. The van der Waals surface area contributed by atoms with Crippen LogP contribution >= 0.6 is 11.6 Å². The summed E-state index contributed by atoms with van der Waals surface area (Å²) >= 11 is 5.27. The SMILES string of the molecule is N#Cc1nc(C(F)F)cc(F)c1Cl. The highest BCUT2D eigenvalue weighted by Crippen LogP contribution is 2.23. The first-order chi connectivity index (χ1) is 6.06. The van der Waals surface area contributed by atoms with Crippen LogP contribution in [0.1, 0.15) is 17.8 Å². The van der Waals surface area contributed by atoms with E-state index in [4.69, 9.17) is 16.9 Å².